The van der Waals surface area contributed by atoms with Gasteiger partial charge in [-0.25, -0.2) is 0 Å². The number of H-pyrrole nitrogens is 1. The lowest BCUT2D eigenvalue weighted by Gasteiger charge is -2.04. The minimum absolute atomic E-state index is 0.0526. The first-order valence-corrected chi connectivity index (χ1v) is 6.45. The number of hydrogen-bond donors (Lipinski definition) is 2. The van der Waals surface area contributed by atoms with Crippen LogP contribution in [0.15, 0.2) is 0 Å². The highest BCUT2D eigenvalue weighted by Crippen LogP contribution is 2.07. The van der Waals surface area contributed by atoms with Gasteiger partial charge in [0.2, 0.25) is 0 Å². The Morgan fingerprint density at radius 2 is 1.94 bits per heavy atom. The molecule has 0 aliphatic rings. The number of nitrogens with zero attached hydrogens (tertiary/aromatic N) is 2. The molecule has 0 unspecified atom stereocenters. The van der Waals surface area contributed by atoms with E-state index in [2.05, 4.69) is 17.1 Å². The highest BCUT2D eigenvalue weighted by molar-refractivity contribution is 7.71. The van der Waals surface area contributed by atoms with Crippen molar-refractivity contribution in [1.82, 2.24) is 14.8 Å². The van der Waals surface area contributed by atoms with Gasteiger partial charge in [-0.1, -0.05) is 39.0 Å². The van der Waals surface area contributed by atoms with Gasteiger partial charge in [-0.15, -0.1) is 0 Å². The Bertz CT molecular complexity index is 345. The summed E-state index contributed by atoms with van der Waals surface area (Å²) >= 11 is 5.09. The van der Waals surface area contributed by atoms with E-state index in [1.807, 2.05) is 4.57 Å². The predicted molar refractivity (Wildman–Crippen MR) is 66.7 cm³/mol. The Balaban J connectivity index is 2.26. The number of unbranched alkanes of at least 4 members (excludes halogenated alkanes) is 5. The average molecular weight is 243 g/mol. The third kappa shape index (κ3) is 4.06. The predicted octanol–water partition coefficient (Wildman–Crippen LogP) is 2.79. The third-order valence-corrected chi connectivity index (χ3v) is 3.03. The Morgan fingerprint density at radius 3 is 2.62 bits per heavy atom. The molecule has 0 fully saturated rings. The Morgan fingerprint density at radius 1 is 1.25 bits per heavy atom. The first-order valence-electron chi connectivity index (χ1n) is 6.04. The molecule has 0 aromatic carbocycles. The summed E-state index contributed by atoms with van der Waals surface area (Å²) in [5.41, 5.74) is 0. The van der Waals surface area contributed by atoms with Crippen molar-refractivity contribution in [3.63, 3.8) is 0 Å². The van der Waals surface area contributed by atoms with E-state index in [1.165, 1.54) is 32.1 Å². The van der Waals surface area contributed by atoms with Crippen molar-refractivity contribution in [1.29, 1.82) is 0 Å². The van der Waals surface area contributed by atoms with E-state index >= 15 is 0 Å². The summed E-state index contributed by atoms with van der Waals surface area (Å²) in [6.07, 6.45) is 7.53. The van der Waals surface area contributed by atoms with Gasteiger partial charge in [0.1, 0.15) is 6.61 Å². The zero-order chi connectivity index (χ0) is 11.8. The van der Waals surface area contributed by atoms with E-state index in [9.17, 15) is 0 Å². The maximum absolute atomic E-state index is 9.05. The van der Waals surface area contributed by atoms with Crippen LogP contribution in [0.4, 0.5) is 0 Å². The van der Waals surface area contributed by atoms with Crippen LogP contribution in [-0.4, -0.2) is 19.9 Å². The molecule has 2 N–H and O–H groups in total. The van der Waals surface area contributed by atoms with Crippen molar-refractivity contribution in [3.05, 3.63) is 10.6 Å². The van der Waals surface area contributed by atoms with Crippen LogP contribution in [0.3, 0.4) is 0 Å². The highest BCUT2D eigenvalue weighted by atomic mass is 32.1. The Hall–Kier alpha value is -0.680. The molecule has 16 heavy (non-hydrogen) atoms. The van der Waals surface area contributed by atoms with Crippen molar-refractivity contribution < 1.29 is 5.11 Å². The molecule has 92 valence electrons. The second-order valence-corrected chi connectivity index (χ2v) is 4.41. The number of aromatic nitrogens is 3. The van der Waals surface area contributed by atoms with Crippen LogP contribution in [0.2, 0.25) is 0 Å². The van der Waals surface area contributed by atoms with Crippen LogP contribution in [-0.2, 0) is 13.2 Å². The van der Waals surface area contributed by atoms with Gasteiger partial charge in [0.05, 0.1) is 0 Å². The lowest BCUT2D eigenvalue weighted by Crippen LogP contribution is -2.04. The van der Waals surface area contributed by atoms with E-state index in [1.54, 1.807) is 0 Å². The topological polar surface area (TPSA) is 53.8 Å². The van der Waals surface area contributed by atoms with Crippen LogP contribution in [0, 0.1) is 4.77 Å². The van der Waals surface area contributed by atoms with Crippen LogP contribution >= 0.6 is 12.2 Å². The molecule has 1 heterocycles. The fourth-order valence-electron chi connectivity index (χ4n) is 1.75. The van der Waals surface area contributed by atoms with Gasteiger partial charge in [-0.3, -0.25) is 5.10 Å². The fraction of sp³-hybridized carbons (Fsp3) is 0.818. The molecule has 0 aliphatic heterocycles. The molecule has 0 saturated heterocycles. The zero-order valence-electron chi connectivity index (χ0n) is 9.91. The van der Waals surface area contributed by atoms with Crippen molar-refractivity contribution in [2.75, 3.05) is 0 Å². The van der Waals surface area contributed by atoms with Crippen molar-refractivity contribution in [3.8, 4) is 0 Å². The van der Waals surface area contributed by atoms with Gasteiger partial charge < -0.3 is 9.67 Å². The number of nitrogens with one attached hydrogen (secondary N) is 1. The normalized spacial score (nSPS) is 10.9. The summed E-state index contributed by atoms with van der Waals surface area (Å²) in [5.74, 6) is 0.638. The summed E-state index contributed by atoms with van der Waals surface area (Å²) in [6, 6.07) is 0. The first kappa shape index (κ1) is 13.4. The van der Waals surface area contributed by atoms with E-state index in [0.717, 1.165) is 13.0 Å². The number of aromatic amines is 1. The molecule has 0 bridgehead atoms. The second kappa shape index (κ2) is 7.57. The van der Waals surface area contributed by atoms with Crippen molar-refractivity contribution in [2.24, 2.45) is 0 Å². The molecule has 0 spiro atoms. The van der Waals surface area contributed by atoms with Crippen LogP contribution < -0.4 is 0 Å². The van der Waals surface area contributed by atoms with Crippen LogP contribution in [0.5, 0.6) is 0 Å². The van der Waals surface area contributed by atoms with Gasteiger partial charge in [0.25, 0.3) is 0 Å². The summed E-state index contributed by atoms with van der Waals surface area (Å²) in [7, 11) is 0. The summed E-state index contributed by atoms with van der Waals surface area (Å²) in [4.78, 5) is 0. The Kier molecular flexibility index (Phi) is 6.33. The van der Waals surface area contributed by atoms with E-state index in [0.29, 0.717) is 10.6 Å². The Labute approximate surface area is 102 Å². The van der Waals surface area contributed by atoms with Gasteiger partial charge in [0, 0.05) is 6.54 Å². The molecule has 0 amide bonds. The number of hydrogen-bond acceptors (Lipinski definition) is 3. The fourth-order valence-corrected chi connectivity index (χ4v) is 1.99. The van der Waals surface area contributed by atoms with Crippen molar-refractivity contribution in [2.45, 2.75) is 58.6 Å². The lowest BCUT2D eigenvalue weighted by molar-refractivity contribution is 0.263. The molecule has 1 rings (SSSR count). The molecule has 4 nitrogen and oxygen atoms in total. The second-order valence-electron chi connectivity index (χ2n) is 4.02. The monoisotopic (exact) mass is 243 g/mol. The summed E-state index contributed by atoms with van der Waals surface area (Å²) in [6.45, 7) is 3.03. The van der Waals surface area contributed by atoms with Gasteiger partial charge in [-0.05, 0) is 18.6 Å². The minimum atomic E-state index is -0.0526. The highest BCUT2D eigenvalue weighted by Gasteiger charge is 2.03. The molecule has 0 atom stereocenters. The van der Waals surface area contributed by atoms with E-state index in [4.69, 9.17) is 17.3 Å². The first-order chi connectivity index (χ1) is 7.79. The van der Waals surface area contributed by atoms with Gasteiger partial charge in [-0.2, -0.15) is 5.10 Å². The number of aliphatic hydroxyl groups is 1. The molecule has 5 heteroatoms. The summed E-state index contributed by atoms with van der Waals surface area (Å²) < 4.78 is 2.49. The quantitative estimate of drug-likeness (QED) is 0.545. The summed E-state index contributed by atoms with van der Waals surface area (Å²) in [5, 5.41) is 15.7. The van der Waals surface area contributed by atoms with E-state index in [-0.39, 0.29) is 6.61 Å². The minimum Gasteiger partial charge on any atom is -0.388 e. The average Bonchev–Trinajstić information content (AvgIpc) is 2.65. The number of rotatable bonds is 8. The molecule has 1 aromatic heterocycles. The smallest absolute Gasteiger partial charge is 0.195 e. The van der Waals surface area contributed by atoms with Crippen molar-refractivity contribution >= 4 is 12.2 Å². The third-order valence-electron chi connectivity index (χ3n) is 2.71. The number of aliphatic hydroxyl groups excluding tert-OH is 1. The molecular weight excluding hydrogens is 222 g/mol. The molecular formula is C11H21N3OS. The van der Waals surface area contributed by atoms with Gasteiger partial charge in [0.15, 0.2) is 10.6 Å². The van der Waals surface area contributed by atoms with Gasteiger partial charge >= 0.3 is 0 Å². The largest absolute Gasteiger partial charge is 0.388 e. The standard InChI is InChI=1S/C11H21N3OS/c1-2-3-4-5-6-7-8-14-10(9-15)12-13-11(14)16/h15H,2-9H2,1H3,(H,13,16). The van der Waals surface area contributed by atoms with Crippen LogP contribution in [0.1, 0.15) is 51.3 Å². The maximum atomic E-state index is 9.05. The SMILES string of the molecule is CCCCCCCCn1c(CO)n[nH]c1=S. The molecule has 1 aromatic rings. The van der Waals surface area contributed by atoms with Crippen LogP contribution in [0.25, 0.3) is 0 Å². The van der Waals surface area contributed by atoms with E-state index < -0.39 is 0 Å². The molecule has 0 radical (unpaired) electrons. The molecule has 0 aliphatic carbocycles. The lowest BCUT2D eigenvalue weighted by atomic mass is 10.1. The maximum Gasteiger partial charge on any atom is 0.195 e. The zero-order valence-corrected chi connectivity index (χ0v) is 10.7. The molecule has 0 saturated carbocycles.